The zero-order valence-electron chi connectivity index (χ0n) is 5.42. The van der Waals surface area contributed by atoms with Crippen LogP contribution in [0.3, 0.4) is 0 Å². The summed E-state index contributed by atoms with van der Waals surface area (Å²) >= 11 is 10.8. The number of hydrogen-bond donors (Lipinski definition) is 2. The minimum absolute atomic E-state index is 0.155. The van der Waals surface area contributed by atoms with Gasteiger partial charge in [-0.1, -0.05) is 6.92 Å². The molecule has 3 nitrogen and oxygen atoms in total. The van der Waals surface area contributed by atoms with Gasteiger partial charge >= 0.3 is 7.60 Å². The van der Waals surface area contributed by atoms with Gasteiger partial charge in [-0.25, -0.2) is 0 Å². The molecule has 0 aliphatic carbocycles. The van der Waals surface area contributed by atoms with E-state index in [9.17, 15) is 4.57 Å². The molecule has 0 aliphatic rings. The Hall–Kier alpha value is 0.730. The van der Waals surface area contributed by atoms with Gasteiger partial charge in [0.15, 0.2) is 4.62 Å². The van der Waals surface area contributed by atoms with Crippen molar-refractivity contribution < 1.29 is 14.4 Å². The Kier molecular flexibility index (Phi) is 3.67. The van der Waals surface area contributed by atoms with Gasteiger partial charge in [0.2, 0.25) is 0 Å². The Labute approximate surface area is 69.5 Å². The van der Waals surface area contributed by atoms with Crippen LogP contribution in [0, 0.1) is 0 Å². The van der Waals surface area contributed by atoms with E-state index in [1.807, 2.05) is 0 Å². The summed E-state index contributed by atoms with van der Waals surface area (Å²) < 4.78 is 9.02. The summed E-state index contributed by atoms with van der Waals surface area (Å²) in [6.07, 6.45) is 0.155. The second-order valence-corrected chi connectivity index (χ2v) is 5.15. The SMILES string of the molecule is CCC(Cl)(CCl)P(=O)(O)O. The van der Waals surface area contributed by atoms with Crippen LogP contribution in [-0.2, 0) is 4.57 Å². The van der Waals surface area contributed by atoms with Crippen LogP contribution in [0.2, 0.25) is 0 Å². The molecule has 10 heavy (non-hydrogen) atoms. The van der Waals surface area contributed by atoms with E-state index in [4.69, 9.17) is 33.0 Å². The molecule has 0 heterocycles. The van der Waals surface area contributed by atoms with Crippen LogP contribution in [0.4, 0.5) is 0 Å². The van der Waals surface area contributed by atoms with E-state index in [1.54, 1.807) is 6.92 Å². The van der Waals surface area contributed by atoms with Crippen molar-refractivity contribution in [3.63, 3.8) is 0 Å². The molecular weight excluding hydrogens is 198 g/mol. The van der Waals surface area contributed by atoms with E-state index < -0.39 is 12.2 Å². The van der Waals surface area contributed by atoms with Crippen LogP contribution in [0.5, 0.6) is 0 Å². The number of halogens is 2. The third kappa shape index (κ3) is 2.11. The third-order valence-electron chi connectivity index (χ3n) is 1.27. The maximum absolute atomic E-state index is 10.6. The smallest absolute Gasteiger partial charge is 0.323 e. The quantitative estimate of drug-likeness (QED) is 0.547. The molecule has 2 N–H and O–H groups in total. The van der Waals surface area contributed by atoms with Gasteiger partial charge in [0.25, 0.3) is 0 Å². The highest BCUT2D eigenvalue weighted by atomic mass is 35.5. The van der Waals surface area contributed by atoms with Crippen molar-refractivity contribution in [2.75, 3.05) is 5.88 Å². The van der Waals surface area contributed by atoms with E-state index >= 15 is 0 Å². The summed E-state index contributed by atoms with van der Waals surface area (Å²) in [6, 6.07) is 0. The van der Waals surface area contributed by atoms with Crippen LogP contribution >= 0.6 is 30.8 Å². The van der Waals surface area contributed by atoms with E-state index in [2.05, 4.69) is 0 Å². The molecule has 0 amide bonds. The van der Waals surface area contributed by atoms with Crippen LogP contribution in [-0.4, -0.2) is 20.3 Å². The van der Waals surface area contributed by atoms with Crippen molar-refractivity contribution in [1.82, 2.24) is 0 Å². The summed E-state index contributed by atoms with van der Waals surface area (Å²) in [6.45, 7) is 1.58. The van der Waals surface area contributed by atoms with Gasteiger partial charge in [-0.2, -0.15) is 0 Å². The summed E-state index contributed by atoms with van der Waals surface area (Å²) in [5.41, 5.74) is 0. The predicted molar refractivity (Wildman–Crippen MR) is 41.6 cm³/mol. The number of alkyl halides is 2. The third-order valence-corrected chi connectivity index (χ3v) is 4.63. The lowest BCUT2D eigenvalue weighted by molar-refractivity contribution is 0.352. The molecule has 1 unspecified atom stereocenters. The zero-order valence-corrected chi connectivity index (χ0v) is 7.83. The highest BCUT2D eigenvalue weighted by Gasteiger charge is 2.42. The zero-order chi connectivity index (χ0) is 8.41. The van der Waals surface area contributed by atoms with Gasteiger partial charge in [-0.3, -0.25) is 4.57 Å². The molecule has 0 saturated carbocycles. The molecule has 0 fully saturated rings. The highest BCUT2D eigenvalue weighted by molar-refractivity contribution is 7.55. The fourth-order valence-electron chi connectivity index (χ4n) is 0.378. The topological polar surface area (TPSA) is 57.5 Å². The number of rotatable bonds is 3. The van der Waals surface area contributed by atoms with E-state index in [-0.39, 0.29) is 12.3 Å². The first-order valence-electron chi connectivity index (χ1n) is 2.68. The van der Waals surface area contributed by atoms with Crippen molar-refractivity contribution in [2.24, 2.45) is 0 Å². The van der Waals surface area contributed by atoms with Gasteiger partial charge in [0, 0.05) is 0 Å². The predicted octanol–water partition coefficient (Wildman–Crippen LogP) is 1.75. The largest absolute Gasteiger partial charge is 0.347 e. The average molecular weight is 207 g/mol. The molecule has 6 heteroatoms. The summed E-state index contributed by atoms with van der Waals surface area (Å²) in [7, 11) is -4.25. The number of hydrogen-bond acceptors (Lipinski definition) is 1. The van der Waals surface area contributed by atoms with Crippen molar-refractivity contribution in [1.29, 1.82) is 0 Å². The molecule has 0 aromatic carbocycles. The van der Waals surface area contributed by atoms with Gasteiger partial charge in [-0.05, 0) is 6.42 Å². The van der Waals surface area contributed by atoms with E-state index in [0.717, 1.165) is 0 Å². The van der Waals surface area contributed by atoms with Gasteiger partial charge in [-0.15, -0.1) is 23.2 Å². The first kappa shape index (κ1) is 10.7. The molecule has 0 rings (SSSR count). The standard InChI is InChI=1S/C4H9Cl2O3P/c1-2-4(6,3-5)10(7,8)9/h2-3H2,1H3,(H2,7,8,9). The second kappa shape index (κ2) is 3.42. The van der Waals surface area contributed by atoms with Gasteiger partial charge < -0.3 is 9.79 Å². The van der Waals surface area contributed by atoms with Crippen LogP contribution in [0.1, 0.15) is 13.3 Å². The van der Waals surface area contributed by atoms with Gasteiger partial charge in [0.05, 0.1) is 5.88 Å². The summed E-state index contributed by atoms with van der Waals surface area (Å²) in [5, 5.41) is 0. The van der Waals surface area contributed by atoms with Crippen molar-refractivity contribution in [2.45, 2.75) is 18.0 Å². The molecule has 0 spiro atoms. The fourth-order valence-corrected chi connectivity index (χ4v) is 1.60. The molecule has 0 bridgehead atoms. The van der Waals surface area contributed by atoms with Gasteiger partial charge in [0.1, 0.15) is 0 Å². The second-order valence-electron chi connectivity index (χ2n) is 1.95. The Balaban J connectivity index is 4.50. The van der Waals surface area contributed by atoms with E-state index in [1.165, 1.54) is 0 Å². The molecule has 0 aliphatic heterocycles. The molecular formula is C4H9Cl2O3P. The Morgan fingerprint density at radius 1 is 1.60 bits per heavy atom. The Morgan fingerprint density at radius 2 is 2.00 bits per heavy atom. The minimum atomic E-state index is -4.25. The molecule has 0 aromatic heterocycles. The fraction of sp³-hybridized carbons (Fsp3) is 1.00. The van der Waals surface area contributed by atoms with Crippen molar-refractivity contribution in [3.8, 4) is 0 Å². The molecule has 0 saturated heterocycles. The van der Waals surface area contributed by atoms with Crippen LogP contribution < -0.4 is 0 Å². The monoisotopic (exact) mass is 206 g/mol. The summed E-state index contributed by atoms with van der Waals surface area (Å²) in [5.74, 6) is -0.241. The van der Waals surface area contributed by atoms with Crippen molar-refractivity contribution >= 4 is 30.8 Å². The first-order valence-corrected chi connectivity index (χ1v) is 5.20. The molecule has 0 radical (unpaired) electrons. The lowest BCUT2D eigenvalue weighted by Crippen LogP contribution is -2.22. The van der Waals surface area contributed by atoms with E-state index in [0.29, 0.717) is 0 Å². The van der Waals surface area contributed by atoms with Crippen molar-refractivity contribution in [3.05, 3.63) is 0 Å². The molecule has 0 aromatic rings. The maximum atomic E-state index is 10.6. The Morgan fingerprint density at radius 3 is 2.00 bits per heavy atom. The highest BCUT2D eigenvalue weighted by Crippen LogP contribution is 2.55. The lowest BCUT2D eigenvalue weighted by Gasteiger charge is -2.23. The van der Waals surface area contributed by atoms with Crippen LogP contribution in [0.15, 0.2) is 0 Å². The minimum Gasteiger partial charge on any atom is -0.323 e. The molecule has 1 atom stereocenters. The molecule has 62 valence electrons. The Bertz CT molecular complexity index is 151. The average Bonchev–Trinajstić information content (AvgIpc) is 1.84. The van der Waals surface area contributed by atoms with Crippen LogP contribution in [0.25, 0.3) is 0 Å². The first-order chi connectivity index (χ1) is 4.37. The maximum Gasteiger partial charge on any atom is 0.347 e. The lowest BCUT2D eigenvalue weighted by atomic mass is 10.4. The normalized spacial score (nSPS) is 18.5. The summed E-state index contributed by atoms with van der Waals surface area (Å²) in [4.78, 5) is 17.3.